The molecule has 0 aliphatic rings. The fraction of sp³-hybridized carbons (Fsp3) is 0.200. The molecule has 0 saturated carbocycles. The van der Waals surface area contributed by atoms with E-state index in [4.69, 9.17) is 17.3 Å². The first kappa shape index (κ1) is 12.2. The molecular formula is C15H16ClN. The lowest BCUT2D eigenvalue weighted by Crippen LogP contribution is -1.99. The molecule has 0 saturated heterocycles. The number of hydrogen-bond donors (Lipinski definition) is 1. The van der Waals surface area contributed by atoms with Gasteiger partial charge in [0, 0.05) is 11.6 Å². The molecule has 0 amide bonds. The summed E-state index contributed by atoms with van der Waals surface area (Å²) >= 11 is 6.17. The molecule has 0 heterocycles. The Morgan fingerprint density at radius 2 is 1.82 bits per heavy atom. The molecule has 2 aromatic rings. The van der Waals surface area contributed by atoms with E-state index in [1.54, 1.807) is 0 Å². The second-order valence-electron chi connectivity index (χ2n) is 4.33. The van der Waals surface area contributed by atoms with Gasteiger partial charge in [0.2, 0.25) is 0 Å². The molecule has 0 spiro atoms. The monoisotopic (exact) mass is 245 g/mol. The predicted octanol–water partition coefficient (Wildman–Crippen LogP) is 4.08. The fourth-order valence-corrected chi connectivity index (χ4v) is 2.08. The maximum atomic E-state index is 6.17. The van der Waals surface area contributed by atoms with E-state index in [0.717, 1.165) is 21.7 Å². The van der Waals surface area contributed by atoms with Crippen molar-refractivity contribution in [2.45, 2.75) is 20.4 Å². The van der Waals surface area contributed by atoms with E-state index in [1.807, 2.05) is 19.1 Å². The van der Waals surface area contributed by atoms with Crippen LogP contribution in [-0.4, -0.2) is 0 Å². The second-order valence-corrected chi connectivity index (χ2v) is 4.74. The highest BCUT2D eigenvalue weighted by Gasteiger charge is 2.06. The van der Waals surface area contributed by atoms with Gasteiger partial charge in [-0.1, -0.05) is 47.5 Å². The molecule has 0 fully saturated rings. The van der Waals surface area contributed by atoms with E-state index in [2.05, 4.69) is 31.2 Å². The minimum atomic E-state index is 0.543. The number of hydrogen-bond acceptors (Lipinski definition) is 1. The lowest BCUT2D eigenvalue weighted by molar-refractivity contribution is 1.07. The second kappa shape index (κ2) is 4.91. The number of benzene rings is 2. The van der Waals surface area contributed by atoms with Gasteiger partial charge in [0.1, 0.15) is 0 Å². The Hall–Kier alpha value is -1.31. The molecule has 0 unspecified atom stereocenters. The Morgan fingerprint density at radius 1 is 1.06 bits per heavy atom. The first-order valence-electron chi connectivity index (χ1n) is 5.68. The van der Waals surface area contributed by atoms with Gasteiger partial charge < -0.3 is 5.73 Å². The zero-order chi connectivity index (χ0) is 12.4. The highest BCUT2D eigenvalue weighted by molar-refractivity contribution is 6.31. The molecule has 0 aromatic heterocycles. The van der Waals surface area contributed by atoms with Gasteiger partial charge in [0.05, 0.1) is 0 Å². The van der Waals surface area contributed by atoms with Crippen molar-refractivity contribution in [2.75, 3.05) is 0 Å². The summed E-state index contributed by atoms with van der Waals surface area (Å²) in [6.45, 7) is 4.63. The zero-order valence-corrected chi connectivity index (χ0v) is 10.9. The van der Waals surface area contributed by atoms with Crippen LogP contribution in [0.15, 0.2) is 36.4 Å². The van der Waals surface area contributed by atoms with E-state index in [1.165, 1.54) is 11.1 Å². The molecule has 0 radical (unpaired) electrons. The predicted molar refractivity (Wildman–Crippen MR) is 74.3 cm³/mol. The third kappa shape index (κ3) is 2.51. The smallest absolute Gasteiger partial charge is 0.0441 e. The van der Waals surface area contributed by atoms with Crippen LogP contribution in [0.25, 0.3) is 11.1 Å². The van der Waals surface area contributed by atoms with Crippen molar-refractivity contribution in [3.63, 3.8) is 0 Å². The summed E-state index contributed by atoms with van der Waals surface area (Å²) in [5.41, 5.74) is 11.6. The average Bonchev–Trinajstić information content (AvgIpc) is 2.32. The summed E-state index contributed by atoms with van der Waals surface area (Å²) in [4.78, 5) is 0. The molecule has 2 N–H and O–H groups in total. The Morgan fingerprint density at radius 3 is 2.47 bits per heavy atom. The largest absolute Gasteiger partial charge is 0.326 e. The molecule has 2 heteroatoms. The number of rotatable bonds is 2. The standard InChI is InChI=1S/C15H16ClN/c1-10-3-5-13(9-17)14(7-10)12-6-4-11(2)15(16)8-12/h3-8H,9,17H2,1-2H3. The number of halogens is 1. The van der Waals surface area contributed by atoms with Crippen LogP contribution in [0.2, 0.25) is 5.02 Å². The Balaban J connectivity index is 2.58. The normalized spacial score (nSPS) is 10.6. The minimum Gasteiger partial charge on any atom is -0.326 e. The van der Waals surface area contributed by atoms with Crippen LogP contribution in [-0.2, 0) is 6.54 Å². The molecule has 0 bridgehead atoms. The van der Waals surface area contributed by atoms with Crippen LogP contribution < -0.4 is 5.73 Å². The van der Waals surface area contributed by atoms with Gasteiger partial charge in [-0.2, -0.15) is 0 Å². The van der Waals surface area contributed by atoms with Gasteiger partial charge in [-0.25, -0.2) is 0 Å². The van der Waals surface area contributed by atoms with Crippen LogP contribution in [0.3, 0.4) is 0 Å². The summed E-state index contributed by atoms with van der Waals surface area (Å²) in [7, 11) is 0. The molecule has 0 aliphatic carbocycles. The molecule has 88 valence electrons. The number of aryl methyl sites for hydroxylation is 2. The van der Waals surface area contributed by atoms with E-state index in [9.17, 15) is 0 Å². The van der Waals surface area contributed by atoms with Crippen LogP contribution in [0.1, 0.15) is 16.7 Å². The quantitative estimate of drug-likeness (QED) is 0.848. The van der Waals surface area contributed by atoms with Crippen molar-refractivity contribution in [3.8, 4) is 11.1 Å². The van der Waals surface area contributed by atoms with Gasteiger partial charge in [0.25, 0.3) is 0 Å². The van der Waals surface area contributed by atoms with E-state index in [-0.39, 0.29) is 0 Å². The average molecular weight is 246 g/mol. The molecule has 2 rings (SSSR count). The molecule has 17 heavy (non-hydrogen) atoms. The van der Waals surface area contributed by atoms with Crippen LogP contribution in [0, 0.1) is 13.8 Å². The molecular weight excluding hydrogens is 230 g/mol. The van der Waals surface area contributed by atoms with E-state index >= 15 is 0 Å². The van der Waals surface area contributed by atoms with Crippen LogP contribution in [0.5, 0.6) is 0 Å². The zero-order valence-electron chi connectivity index (χ0n) is 10.1. The summed E-state index contributed by atoms with van der Waals surface area (Å²) in [5.74, 6) is 0. The minimum absolute atomic E-state index is 0.543. The molecule has 0 aliphatic heterocycles. The van der Waals surface area contributed by atoms with Crippen molar-refractivity contribution in [3.05, 3.63) is 58.1 Å². The maximum absolute atomic E-state index is 6.17. The third-order valence-corrected chi connectivity index (χ3v) is 3.38. The van der Waals surface area contributed by atoms with Crippen molar-refractivity contribution < 1.29 is 0 Å². The van der Waals surface area contributed by atoms with Crippen molar-refractivity contribution >= 4 is 11.6 Å². The van der Waals surface area contributed by atoms with Crippen molar-refractivity contribution in [2.24, 2.45) is 5.73 Å². The summed E-state index contributed by atoms with van der Waals surface area (Å²) in [5, 5.41) is 0.798. The first-order chi connectivity index (χ1) is 8.11. The van der Waals surface area contributed by atoms with Gasteiger partial charge in [-0.15, -0.1) is 0 Å². The van der Waals surface area contributed by atoms with E-state index in [0.29, 0.717) is 6.54 Å². The highest BCUT2D eigenvalue weighted by Crippen LogP contribution is 2.28. The highest BCUT2D eigenvalue weighted by atomic mass is 35.5. The lowest BCUT2D eigenvalue weighted by Gasteiger charge is -2.10. The summed E-state index contributed by atoms with van der Waals surface area (Å²) < 4.78 is 0. The van der Waals surface area contributed by atoms with Gasteiger partial charge in [-0.3, -0.25) is 0 Å². The van der Waals surface area contributed by atoms with Crippen molar-refractivity contribution in [1.82, 2.24) is 0 Å². The summed E-state index contributed by atoms with van der Waals surface area (Å²) in [6.07, 6.45) is 0. The van der Waals surface area contributed by atoms with Gasteiger partial charge in [0.15, 0.2) is 0 Å². The lowest BCUT2D eigenvalue weighted by atomic mass is 9.97. The molecule has 2 aromatic carbocycles. The van der Waals surface area contributed by atoms with E-state index < -0.39 is 0 Å². The first-order valence-corrected chi connectivity index (χ1v) is 6.05. The fourth-order valence-electron chi connectivity index (χ4n) is 1.90. The third-order valence-electron chi connectivity index (χ3n) is 2.97. The summed E-state index contributed by atoms with van der Waals surface area (Å²) in [6, 6.07) is 12.5. The van der Waals surface area contributed by atoms with Crippen LogP contribution in [0.4, 0.5) is 0 Å². The SMILES string of the molecule is Cc1ccc(CN)c(-c2ccc(C)c(Cl)c2)c1. The molecule has 0 atom stereocenters. The Kier molecular flexibility index (Phi) is 3.51. The van der Waals surface area contributed by atoms with Gasteiger partial charge >= 0.3 is 0 Å². The topological polar surface area (TPSA) is 26.0 Å². The Bertz CT molecular complexity index is 547. The van der Waals surface area contributed by atoms with Gasteiger partial charge in [-0.05, 0) is 42.2 Å². The molecule has 1 nitrogen and oxygen atoms in total. The van der Waals surface area contributed by atoms with Crippen LogP contribution >= 0.6 is 11.6 Å². The van der Waals surface area contributed by atoms with Crippen molar-refractivity contribution in [1.29, 1.82) is 0 Å². The maximum Gasteiger partial charge on any atom is 0.0441 e. The Labute approximate surface area is 107 Å². The number of nitrogens with two attached hydrogens (primary N) is 1.